The number of carboxylic acid groups (broad SMARTS) is 1. The molecule has 1 atom stereocenters. The molecular weight excluding hydrogens is 150 g/mol. The van der Waals surface area contributed by atoms with Gasteiger partial charge in [0.2, 0.25) is 0 Å². The van der Waals surface area contributed by atoms with E-state index in [9.17, 15) is 4.79 Å². The number of hydrogen-bond donors (Lipinski definition) is 1. The van der Waals surface area contributed by atoms with Crippen LogP contribution < -0.4 is 0 Å². The van der Waals surface area contributed by atoms with Gasteiger partial charge in [-0.3, -0.25) is 4.79 Å². The summed E-state index contributed by atoms with van der Waals surface area (Å²) in [6, 6.07) is 0. The summed E-state index contributed by atoms with van der Waals surface area (Å²) in [5.41, 5.74) is 0.775. The van der Waals surface area contributed by atoms with Crippen molar-refractivity contribution in [3.63, 3.8) is 0 Å². The van der Waals surface area contributed by atoms with E-state index in [1.54, 1.807) is 18.5 Å². The lowest BCUT2D eigenvalue weighted by Crippen LogP contribution is -2.05. The summed E-state index contributed by atoms with van der Waals surface area (Å²) >= 11 is 1.27. The summed E-state index contributed by atoms with van der Waals surface area (Å²) < 4.78 is 3.80. The van der Waals surface area contributed by atoms with E-state index < -0.39 is 11.9 Å². The third-order valence-corrected chi connectivity index (χ3v) is 1.93. The fraction of sp³-hybridized carbons (Fsp3) is 0.333. The number of aromatic nitrogens is 1. The average Bonchev–Trinajstić information content (AvgIpc) is 2.36. The number of hydrogen-bond acceptors (Lipinski definition) is 3. The second kappa shape index (κ2) is 2.79. The zero-order valence-electron chi connectivity index (χ0n) is 5.44. The van der Waals surface area contributed by atoms with Gasteiger partial charge in [0.1, 0.15) is 0 Å². The molecule has 0 bridgehead atoms. The van der Waals surface area contributed by atoms with Gasteiger partial charge in [0.15, 0.2) is 0 Å². The van der Waals surface area contributed by atoms with Crippen LogP contribution in [-0.4, -0.2) is 15.4 Å². The van der Waals surface area contributed by atoms with Crippen LogP contribution in [0.15, 0.2) is 11.6 Å². The summed E-state index contributed by atoms with van der Waals surface area (Å²) in [5.74, 6) is -1.24. The van der Waals surface area contributed by atoms with Crippen LogP contribution in [0.5, 0.6) is 0 Å². The van der Waals surface area contributed by atoms with Crippen LogP contribution in [0.25, 0.3) is 0 Å². The Bertz CT molecular complexity index is 220. The number of aliphatic carboxylic acids is 1. The maximum atomic E-state index is 10.4. The Morgan fingerprint density at radius 1 is 1.90 bits per heavy atom. The Hall–Kier alpha value is -0.900. The molecule has 0 radical (unpaired) electrons. The summed E-state index contributed by atoms with van der Waals surface area (Å²) in [6.45, 7) is 1.64. The number of nitrogens with zero attached hydrogens (tertiary/aromatic N) is 1. The summed E-state index contributed by atoms with van der Waals surface area (Å²) in [4.78, 5) is 10.4. The predicted molar refractivity (Wildman–Crippen MR) is 38.2 cm³/mol. The quantitative estimate of drug-likeness (QED) is 0.704. The Morgan fingerprint density at radius 2 is 2.60 bits per heavy atom. The fourth-order valence-corrected chi connectivity index (χ4v) is 1.20. The van der Waals surface area contributed by atoms with Gasteiger partial charge in [-0.1, -0.05) is 0 Å². The van der Waals surface area contributed by atoms with Crippen molar-refractivity contribution in [1.82, 2.24) is 4.37 Å². The van der Waals surface area contributed by atoms with Gasteiger partial charge >= 0.3 is 5.97 Å². The van der Waals surface area contributed by atoms with Gasteiger partial charge in [-0.05, 0) is 24.0 Å². The molecule has 0 amide bonds. The van der Waals surface area contributed by atoms with Crippen LogP contribution in [0.4, 0.5) is 0 Å². The van der Waals surface area contributed by atoms with Crippen LogP contribution in [0.3, 0.4) is 0 Å². The molecule has 1 aromatic heterocycles. The van der Waals surface area contributed by atoms with Gasteiger partial charge in [0, 0.05) is 11.6 Å². The van der Waals surface area contributed by atoms with Gasteiger partial charge < -0.3 is 5.11 Å². The van der Waals surface area contributed by atoms with Gasteiger partial charge in [0.25, 0.3) is 0 Å². The molecular formula is C6H7NO2S. The molecule has 1 heterocycles. The molecule has 0 saturated heterocycles. The molecule has 1 N–H and O–H groups in total. The van der Waals surface area contributed by atoms with Gasteiger partial charge in [-0.25, -0.2) is 4.37 Å². The van der Waals surface area contributed by atoms with E-state index in [1.165, 1.54) is 11.5 Å². The first-order chi connectivity index (χ1) is 4.72. The minimum Gasteiger partial charge on any atom is -0.481 e. The van der Waals surface area contributed by atoms with E-state index in [2.05, 4.69) is 4.37 Å². The van der Waals surface area contributed by atoms with Crippen LogP contribution >= 0.6 is 11.5 Å². The average molecular weight is 157 g/mol. The van der Waals surface area contributed by atoms with Crippen molar-refractivity contribution < 1.29 is 9.90 Å². The summed E-state index contributed by atoms with van der Waals surface area (Å²) in [5, 5.41) is 10.3. The van der Waals surface area contributed by atoms with E-state index in [1.807, 2.05) is 0 Å². The SMILES string of the molecule is CC(C(=O)O)c1cnsc1. The van der Waals surface area contributed by atoms with Gasteiger partial charge in [0.05, 0.1) is 5.92 Å². The number of carbonyl (C=O) groups is 1. The maximum absolute atomic E-state index is 10.4. The van der Waals surface area contributed by atoms with E-state index in [4.69, 9.17) is 5.11 Å². The Balaban J connectivity index is 2.77. The summed E-state index contributed by atoms with van der Waals surface area (Å²) in [7, 11) is 0. The van der Waals surface area contributed by atoms with Crippen molar-refractivity contribution in [2.24, 2.45) is 0 Å². The van der Waals surface area contributed by atoms with Crippen molar-refractivity contribution in [2.45, 2.75) is 12.8 Å². The number of carboxylic acids is 1. The lowest BCUT2D eigenvalue weighted by atomic mass is 10.1. The Labute approximate surface area is 62.5 Å². The van der Waals surface area contributed by atoms with Crippen LogP contribution in [0.1, 0.15) is 18.4 Å². The van der Waals surface area contributed by atoms with Crippen LogP contribution in [0.2, 0.25) is 0 Å². The fourth-order valence-electron chi connectivity index (χ4n) is 0.569. The molecule has 0 aliphatic carbocycles. The highest BCUT2D eigenvalue weighted by molar-refractivity contribution is 7.03. The van der Waals surface area contributed by atoms with Gasteiger partial charge in [-0.15, -0.1) is 0 Å². The molecule has 0 saturated carbocycles. The molecule has 0 aliphatic rings. The lowest BCUT2D eigenvalue weighted by Gasteiger charge is -1.99. The highest BCUT2D eigenvalue weighted by Gasteiger charge is 2.13. The van der Waals surface area contributed by atoms with Gasteiger partial charge in [-0.2, -0.15) is 0 Å². The molecule has 0 spiro atoms. The Kier molecular flexibility index (Phi) is 2.01. The molecule has 1 unspecified atom stereocenters. The smallest absolute Gasteiger partial charge is 0.310 e. The van der Waals surface area contributed by atoms with Crippen molar-refractivity contribution in [3.05, 3.63) is 17.1 Å². The molecule has 1 rings (SSSR count). The van der Waals surface area contributed by atoms with Crippen LogP contribution in [-0.2, 0) is 4.79 Å². The predicted octanol–water partition coefficient (Wildman–Crippen LogP) is 1.33. The third-order valence-electron chi connectivity index (χ3n) is 1.32. The summed E-state index contributed by atoms with van der Waals surface area (Å²) in [6.07, 6.45) is 1.59. The molecule has 0 aromatic carbocycles. The normalized spacial score (nSPS) is 12.9. The van der Waals surface area contributed by atoms with Crippen molar-refractivity contribution >= 4 is 17.5 Å². The highest BCUT2D eigenvalue weighted by Crippen LogP contribution is 2.15. The topological polar surface area (TPSA) is 50.2 Å². The largest absolute Gasteiger partial charge is 0.481 e. The van der Waals surface area contributed by atoms with E-state index in [0.29, 0.717) is 0 Å². The van der Waals surface area contributed by atoms with E-state index in [0.717, 1.165) is 5.56 Å². The van der Waals surface area contributed by atoms with E-state index in [-0.39, 0.29) is 0 Å². The minimum atomic E-state index is -0.805. The molecule has 1 aromatic rings. The molecule has 0 fully saturated rings. The molecule has 3 nitrogen and oxygen atoms in total. The molecule has 4 heteroatoms. The highest BCUT2D eigenvalue weighted by atomic mass is 32.1. The van der Waals surface area contributed by atoms with Crippen molar-refractivity contribution in [2.75, 3.05) is 0 Å². The number of rotatable bonds is 2. The monoisotopic (exact) mass is 157 g/mol. The lowest BCUT2D eigenvalue weighted by molar-refractivity contribution is -0.138. The molecule has 0 aliphatic heterocycles. The Morgan fingerprint density at radius 3 is 3.00 bits per heavy atom. The second-order valence-corrected chi connectivity index (χ2v) is 2.68. The minimum absolute atomic E-state index is 0.432. The van der Waals surface area contributed by atoms with Crippen LogP contribution in [0, 0.1) is 0 Å². The zero-order chi connectivity index (χ0) is 7.56. The van der Waals surface area contributed by atoms with Crippen molar-refractivity contribution in [3.8, 4) is 0 Å². The van der Waals surface area contributed by atoms with E-state index >= 15 is 0 Å². The van der Waals surface area contributed by atoms with Crippen molar-refractivity contribution in [1.29, 1.82) is 0 Å². The first kappa shape index (κ1) is 7.21. The first-order valence-corrected chi connectivity index (χ1v) is 3.67. The zero-order valence-corrected chi connectivity index (χ0v) is 6.26. The molecule has 10 heavy (non-hydrogen) atoms. The standard InChI is InChI=1S/C6H7NO2S/c1-4(6(8)9)5-2-7-10-3-5/h2-4H,1H3,(H,8,9). The second-order valence-electron chi connectivity index (χ2n) is 2.02. The maximum Gasteiger partial charge on any atom is 0.310 e. The third kappa shape index (κ3) is 1.33. The molecule has 54 valence electrons. The first-order valence-electron chi connectivity index (χ1n) is 2.84.